The van der Waals surface area contributed by atoms with E-state index in [0.29, 0.717) is 11.8 Å². The third-order valence-corrected chi connectivity index (χ3v) is 1.69. The van der Waals surface area contributed by atoms with E-state index in [2.05, 4.69) is 22.4 Å². The summed E-state index contributed by atoms with van der Waals surface area (Å²) in [6.45, 7) is 4.78. The minimum absolute atomic E-state index is 0.124. The highest BCUT2D eigenvalue weighted by atomic mass is 16.5. The zero-order chi connectivity index (χ0) is 9.68. The van der Waals surface area contributed by atoms with E-state index in [9.17, 15) is 0 Å². The van der Waals surface area contributed by atoms with Gasteiger partial charge in [-0.25, -0.2) is 0 Å². The first kappa shape index (κ1) is 9.98. The Bertz CT molecular complexity index is 249. The van der Waals surface area contributed by atoms with Gasteiger partial charge in [0.25, 0.3) is 0 Å². The molecule has 0 aliphatic heterocycles. The Hall–Kier alpha value is -1.10. The second-order valence-corrected chi connectivity index (χ2v) is 2.76. The Kier molecular flexibility index (Phi) is 3.70. The molecule has 5 nitrogen and oxygen atoms in total. The van der Waals surface area contributed by atoms with Gasteiger partial charge >= 0.3 is 6.01 Å². The maximum atomic E-state index is 5.04. The van der Waals surface area contributed by atoms with E-state index in [1.807, 2.05) is 6.92 Å². The number of nitrogens with one attached hydrogen (secondary N) is 1. The Morgan fingerprint density at radius 2 is 2.38 bits per heavy atom. The Morgan fingerprint density at radius 1 is 1.62 bits per heavy atom. The lowest BCUT2D eigenvalue weighted by Crippen LogP contribution is -2.01. The van der Waals surface area contributed by atoms with Gasteiger partial charge in [-0.2, -0.15) is 4.98 Å². The van der Waals surface area contributed by atoms with Crippen LogP contribution in [0.4, 0.5) is 6.01 Å². The summed E-state index contributed by atoms with van der Waals surface area (Å²) in [6, 6.07) is 0.459. The molecule has 0 aliphatic rings. The third kappa shape index (κ3) is 2.69. The lowest BCUT2D eigenvalue weighted by Gasteiger charge is -2.00. The number of ether oxygens (including phenoxy) is 1. The highest BCUT2D eigenvalue weighted by Gasteiger charge is 2.11. The van der Waals surface area contributed by atoms with Crippen molar-refractivity contribution in [2.45, 2.75) is 26.4 Å². The van der Waals surface area contributed by atoms with Crippen LogP contribution >= 0.6 is 0 Å². The molecule has 1 heterocycles. The van der Waals surface area contributed by atoms with Crippen LogP contribution in [0.2, 0.25) is 0 Å². The van der Waals surface area contributed by atoms with Crippen LogP contribution in [0.15, 0.2) is 4.52 Å². The van der Waals surface area contributed by atoms with Crippen LogP contribution in [-0.2, 0) is 4.74 Å². The quantitative estimate of drug-likeness (QED) is 0.755. The fourth-order valence-electron chi connectivity index (χ4n) is 0.809. The molecule has 0 bridgehead atoms. The molecule has 1 aromatic heterocycles. The minimum Gasteiger partial charge on any atom is -0.374 e. The normalized spacial score (nSPS) is 12.8. The molecule has 1 atom stereocenters. The van der Waals surface area contributed by atoms with E-state index in [-0.39, 0.29) is 6.10 Å². The molecule has 0 radical (unpaired) electrons. The minimum atomic E-state index is -0.124. The first-order chi connectivity index (χ1) is 6.27. The van der Waals surface area contributed by atoms with Crippen molar-refractivity contribution < 1.29 is 9.26 Å². The van der Waals surface area contributed by atoms with Gasteiger partial charge in [-0.3, -0.25) is 0 Å². The summed E-state index contributed by atoms with van der Waals surface area (Å²) in [5.41, 5.74) is 0. The van der Waals surface area contributed by atoms with Crippen LogP contribution in [-0.4, -0.2) is 23.8 Å². The highest BCUT2D eigenvalue weighted by molar-refractivity contribution is 5.18. The zero-order valence-corrected chi connectivity index (χ0v) is 8.20. The maximum absolute atomic E-state index is 5.04. The highest BCUT2D eigenvalue weighted by Crippen LogP contribution is 2.13. The number of aromatic nitrogens is 2. The molecule has 74 valence electrons. The largest absolute Gasteiger partial charge is 0.374 e. The maximum Gasteiger partial charge on any atom is 0.321 e. The molecule has 0 aromatic carbocycles. The summed E-state index contributed by atoms with van der Waals surface area (Å²) in [4.78, 5) is 4.10. The van der Waals surface area contributed by atoms with Gasteiger partial charge in [-0.1, -0.05) is 12.1 Å². The van der Waals surface area contributed by atoms with Gasteiger partial charge in [-0.15, -0.1) is 0 Å². The van der Waals surface area contributed by atoms with Crippen LogP contribution in [0.25, 0.3) is 0 Å². The lowest BCUT2D eigenvalue weighted by atomic mass is 10.4. The van der Waals surface area contributed by atoms with E-state index in [1.54, 1.807) is 7.11 Å². The second kappa shape index (κ2) is 4.81. The molecular formula is C8H15N3O2. The molecular weight excluding hydrogens is 170 g/mol. The first-order valence-corrected chi connectivity index (χ1v) is 4.38. The SMILES string of the molecule is CCCNc1nc(C(C)OC)no1. The first-order valence-electron chi connectivity index (χ1n) is 4.38. The molecule has 5 heteroatoms. The predicted octanol–water partition coefficient (Wildman–Crippen LogP) is 1.60. The Balaban J connectivity index is 2.53. The van der Waals surface area contributed by atoms with Crippen molar-refractivity contribution in [1.82, 2.24) is 10.1 Å². The van der Waals surface area contributed by atoms with Crippen molar-refractivity contribution in [3.05, 3.63) is 5.82 Å². The van der Waals surface area contributed by atoms with Crippen LogP contribution in [0.1, 0.15) is 32.2 Å². The van der Waals surface area contributed by atoms with Gasteiger partial charge < -0.3 is 14.6 Å². The molecule has 0 saturated carbocycles. The number of methoxy groups -OCH3 is 1. The second-order valence-electron chi connectivity index (χ2n) is 2.76. The summed E-state index contributed by atoms with van der Waals surface area (Å²) in [5, 5.41) is 6.76. The fourth-order valence-corrected chi connectivity index (χ4v) is 0.809. The molecule has 1 unspecified atom stereocenters. The van der Waals surface area contributed by atoms with E-state index in [0.717, 1.165) is 13.0 Å². The molecule has 0 saturated heterocycles. The topological polar surface area (TPSA) is 60.2 Å². The van der Waals surface area contributed by atoms with Gasteiger partial charge in [-0.05, 0) is 13.3 Å². The number of nitrogens with zero attached hydrogens (tertiary/aromatic N) is 2. The van der Waals surface area contributed by atoms with Gasteiger partial charge in [0.1, 0.15) is 6.10 Å². The summed E-state index contributed by atoms with van der Waals surface area (Å²) < 4.78 is 9.98. The van der Waals surface area contributed by atoms with Crippen molar-refractivity contribution in [2.75, 3.05) is 19.0 Å². The summed E-state index contributed by atoms with van der Waals surface area (Å²) in [6.07, 6.45) is 0.901. The molecule has 0 amide bonds. The molecule has 0 fully saturated rings. The van der Waals surface area contributed by atoms with Gasteiger partial charge in [0.05, 0.1) is 0 Å². The Morgan fingerprint density at radius 3 is 3.00 bits per heavy atom. The van der Waals surface area contributed by atoms with Gasteiger partial charge in [0, 0.05) is 13.7 Å². The predicted molar refractivity (Wildman–Crippen MR) is 48.5 cm³/mol. The van der Waals surface area contributed by atoms with Crippen molar-refractivity contribution in [1.29, 1.82) is 0 Å². The van der Waals surface area contributed by atoms with Crippen molar-refractivity contribution in [3.63, 3.8) is 0 Å². The summed E-state index contributed by atoms with van der Waals surface area (Å²) >= 11 is 0. The summed E-state index contributed by atoms with van der Waals surface area (Å²) in [7, 11) is 1.61. The van der Waals surface area contributed by atoms with E-state index in [1.165, 1.54) is 0 Å². The van der Waals surface area contributed by atoms with Crippen molar-refractivity contribution >= 4 is 6.01 Å². The average molecular weight is 185 g/mol. The number of anilines is 1. The van der Waals surface area contributed by atoms with Crippen LogP contribution in [0.3, 0.4) is 0 Å². The van der Waals surface area contributed by atoms with Crippen LogP contribution in [0.5, 0.6) is 0 Å². The van der Waals surface area contributed by atoms with Gasteiger partial charge in [0.15, 0.2) is 0 Å². The van der Waals surface area contributed by atoms with Crippen molar-refractivity contribution in [2.24, 2.45) is 0 Å². The average Bonchev–Trinajstić information content (AvgIpc) is 2.62. The van der Waals surface area contributed by atoms with Gasteiger partial charge in [0.2, 0.25) is 5.82 Å². The smallest absolute Gasteiger partial charge is 0.321 e. The monoisotopic (exact) mass is 185 g/mol. The molecule has 1 aromatic rings. The van der Waals surface area contributed by atoms with E-state index >= 15 is 0 Å². The molecule has 0 aliphatic carbocycles. The van der Waals surface area contributed by atoms with E-state index < -0.39 is 0 Å². The molecule has 13 heavy (non-hydrogen) atoms. The van der Waals surface area contributed by atoms with Crippen LogP contribution < -0.4 is 5.32 Å². The summed E-state index contributed by atoms with van der Waals surface area (Å²) in [5.74, 6) is 0.570. The molecule has 0 spiro atoms. The van der Waals surface area contributed by atoms with Crippen LogP contribution in [0, 0.1) is 0 Å². The third-order valence-electron chi connectivity index (χ3n) is 1.69. The zero-order valence-electron chi connectivity index (χ0n) is 8.20. The number of hydrogen-bond donors (Lipinski definition) is 1. The fraction of sp³-hybridized carbons (Fsp3) is 0.750. The van der Waals surface area contributed by atoms with E-state index in [4.69, 9.17) is 9.26 Å². The van der Waals surface area contributed by atoms with Crippen molar-refractivity contribution in [3.8, 4) is 0 Å². The Labute approximate surface area is 77.5 Å². The standard InChI is InChI=1S/C8H15N3O2/c1-4-5-9-8-10-7(11-13-8)6(2)12-3/h6H,4-5H2,1-3H3,(H,9,10,11). The lowest BCUT2D eigenvalue weighted by molar-refractivity contribution is 0.109. The molecule has 1 N–H and O–H groups in total. The number of rotatable bonds is 5. The number of hydrogen-bond acceptors (Lipinski definition) is 5. The molecule has 1 rings (SSSR count).